The second kappa shape index (κ2) is 9.31. The monoisotopic (exact) mass is 508 g/mol. The maximum absolute atomic E-state index is 13.2. The molecule has 0 saturated carbocycles. The second-order valence-electron chi connectivity index (χ2n) is 10.8. The van der Waals surface area contributed by atoms with Gasteiger partial charge in [0.15, 0.2) is 0 Å². The first-order chi connectivity index (χ1) is 18.4. The molecule has 3 heterocycles. The van der Waals surface area contributed by atoms with E-state index in [0.29, 0.717) is 25.2 Å². The van der Waals surface area contributed by atoms with Gasteiger partial charge in [-0.05, 0) is 73.6 Å². The highest BCUT2D eigenvalue weighted by molar-refractivity contribution is 5.97. The number of anilines is 3. The summed E-state index contributed by atoms with van der Waals surface area (Å²) in [5.74, 6) is 0.306. The van der Waals surface area contributed by atoms with Crippen molar-refractivity contribution in [2.75, 3.05) is 28.6 Å². The minimum atomic E-state index is -0.611. The number of nitrogens with one attached hydrogen (secondary N) is 3. The third kappa shape index (κ3) is 4.02. The number of benzene rings is 2. The second-order valence-corrected chi connectivity index (χ2v) is 10.8. The van der Waals surface area contributed by atoms with Gasteiger partial charge in [0.1, 0.15) is 0 Å². The molecule has 3 amide bonds. The van der Waals surface area contributed by atoms with Crippen molar-refractivity contribution >= 4 is 34.8 Å². The molecule has 2 unspecified atom stereocenters. The molecule has 1 spiro atoms. The lowest BCUT2D eigenvalue weighted by Gasteiger charge is -2.22. The summed E-state index contributed by atoms with van der Waals surface area (Å²) < 4.78 is 0. The summed E-state index contributed by atoms with van der Waals surface area (Å²) in [7, 11) is 0. The number of amides is 3. The van der Waals surface area contributed by atoms with Crippen LogP contribution in [0.25, 0.3) is 0 Å². The van der Waals surface area contributed by atoms with Crippen LogP contribution in [0, 0.1) is 5.41 Å². The zero-order chi connectivity index (χ0) is 26.4. The van der Waals surface area contributed by atoms with Gasteiger partial charge in [-0.25, -0.2) is 0 Å². The lowest BCUT2D eigenvalue weighted by molar-refractivity contribution is -0.126. The van der Waals surface area contributed by atoms with Crippen LogP contribution in [0.1, 0.15) is 48.8 Å². The van der Waals surface area contributed by atoms with Crippen LogP contribution in [0.3, 0.4) is 0 Å². The third-order valence-corrected chi connectivity index (χ3v) is 8.37. The number of rotatable bonds is 5. The zero-order valence-electron chi connectivity index (χ0n) is 21.6. The Balaban J connectivity index is 1.18. The minimum absolute atomic E-state index is 0.0299. The van der Waals surface area contributed by atoms with E-state index in [-0.39, 0.29) is 24.3 Å². The van der Waals surface area contributed by atoms with Crippen molar-refractivity contribution in [2.24, 2.45) is 5.41 Å². The lowest BCUT2D eigenvalue weighted by atomic mass is 9.78. The summed E-state index contributed by atoms with van der Waals surface area (Å²) in [6, 6.07) is 11.9. The molecule has 0 fully saturated rings. The fourth-order valence-electron chi connectivity index (χ4n) is 6.70. The molecule has 2 aromatic rings. The van der Waals surface area contributed by atoms with E-state index in [0.717, 1.165) is 64.4 Å². The molecule has 1 aliphatic carbocycles. The number of fused-ring (bicyclic) bond motifs is 1. The standard InChI is InChI=1S/C31H32N4O3/c1-3-4-8-24-19(2)32-30(38)31(24)15-20-12-13-23(14-22(20)16-31)33-28(37)18-35-17-21-7-5-11-27(36)34-25-9-6-10-26(35)29(21)25/h3-4,6,8-10,12-14,21H,1,5,7,11,15-18H2,2H3,(H,32,38)(H,33,37)(H,34,36)/b8-4-. The summed E-state index contributed by atoms with van der Waals surface area (Å²) in [6.45, 7) is 6.70. The Morgan fingerprint density at radius 3 is 2.87 bits per heavy atom. The maximum atomic E-state index is 13.2. The molecular weight excluding hydrogens is 476 g/mol. The van der Waals surface area contributed by atoms with Crippen LogP contribution in [0.5, 0.6) is 0 Å². The normalized spacial score (nSPS) is 23.7. The van der Waals surface area contributed by atoms with Crippen LogP contribution in [0.2, 0.25) is 0 Å². The molecule has 7 nitrogen and oxygen atoms in total. The Morgan fingerprint density at radius 2 is 2.03 bits per heavy atom. The van der Waals surface area contributed by atoms with E-state index in [4.69, 9.17) is 0 Å². The Hall–Kier alpha value is -4.13. The van der Waals surface area contributed by atoms with Crippen molar-refractivity contribution in [1.29, 1.82) is 0 Å². The van der Waals surface area contributed by atoms with Gasteiger partial charge in [-0.15, -0.1) is 0 Å². The summed E-state index contributed by atoms with van der Waals surface area (Å²) in [5, 5.41) is 9.15. The first-order valence-electron chi connectivity index (χ1n) is 13.3. The van der Waals surface area contributed by atoms with E-state index in [1.807, 2.05) is 55.5 Å². The first-order valence-corrected chi connectivity index (χ1v) is 13.3. The fraction of sp³-hybridized carbons (Fsp3) is 0.323. The predicted molar refractivity (Wildman–Crippen MR) is 149 cm³/mol. The maximum Gasteiger partial charge on any atom is 0.243 e. The highest BCUT2D eigenvalue weighted by Gasteiger charge is 2.50. The van der Waals surface area contributed by atoms with Crippen LogP contribution >= 0.6 is 0 Å². The average molecular weight is 509 g/mol. The summed E-state index contributed by atoms with van der Waals surface area (Å²) >= 11 is 0. The molecular formula is C31H32N4O3. The molecule has 3 aliphatic heterocycles. The number of nitrogens with zero attached hydrogens (tertiary/aromatic N) is 1. The molecule has 0 bridgehead atoms. The topological polar surface area (TPSA) is 90.5 Å². The van der Waals surface area contributed by atoms with Crippen molar-refractivity contribution in [1.82, 2.24) is 5.32 Å². The number of hydrogen-bond acceptors (Lipinski definition) is 4. The zero-order valence-corrected chi connectivity index (χ0v) is 21.6. The van der Waals surface area contributed by atoms with Crippen molar-refractivity contribution < 1.29 is 14.4 Å². The van der Waals surface area contributed by atoms with E-state index in [9.17, 15) is 14.4 Å². The van der Waals surface area contributed by atoms with Crippen molar-refractivity contribution in [3.05, 3.63) is 89.2 Å². The van der Waals surface area contributed by atoms with E-state index in [2.05, 4.69) is 27.4 Å². The van der Waals surface area contributed by atoms with Gasteiger partial charge in [-0.3, -0.25) is 14.4 Å². The highest BCUT2D eigenvalue weighted by Crippen LogP contribution is 2.48. The van der Waals surface area contributed by atoms with Gasteiger partial charge in [0.25, 0.3) is 0 Å². The van der Waals surface area contributed by atoms with Crippen LogP contribution < -0.4 is 20.9 Å². The smallest absolute Gasteiger partial charge is 0.243 e. The molecule has 194 valence electrons. The largest absolute Gasteiger partial charge is 0.361 e. The Labute approximate surface area is 222 Å². The average Bonchev–Trinajstić information content (AvgIpc) is 3.49. The summed E-state index contributed by atoms with van der Waals surface area (Å²) in [4.78, 5) is 40.5. The Morgan fingerprint density at radius 1 is 1.18 bits per heavy atom. The van der Waals surface area contributed by atoms with Gasteiger partial charge < -0.3 is 20.9 Å². The quantitative estimate of drug-likeness (QED) is 0.516. The molecule has 38 heavy (non-hydrogen) atoms. The molecule has 7 heteroatoms. The van der Waals surface area contributed by atoms with Crippen LogP contribution in [-0.2, 0) is 27.2 Å². The van der Waals surface area contributed by atoms with E-state index >= 15 is 0 Å². The number of allylic oxidation sites excluding steroid dienone is 4. The first kappa shape index (κ1) is 24.2. The van der Waals surface area contributed by atoms with Crippen LogP contribution in [0.15, 0.2) is 72.5 Å². The highest BCUT2D eigenvalue weighted by atomic mass is 16.2. The molecule has 0 saturated heterocycles. The number of carbonyl (C=O) groups is 3. The third-order valence-electron chi connectivity index (χ3n) is 8.37. The van der Waals surface area contributed by atoms with Crippen LogP contribution in [0.4, 0.5) is 17.1 Å². The minimum Gasteiger partial charge on any atom is -0.361 e. The van der Waals surface area contributed by atoms with Gasteiger partial charge in [0, 0.05) is 47.2 Å². The molecule has 0 aromatic heterocycles. The van der Waals surface area contributed by atoms with E-state index in [1.165, 1.54) is 0 Å². The van der Waals surface area contributed by atoms with Gasteiger partial charge in [-0.2, -0.15) is 0 Å². The van der Waals surface area contributed by atoms with Gasteiger partial charge in [-0.1, -0.05) is 36.9 Å². The SMILES string of the molecule is C=C/C=C\C1=C(C)NC(=O)C12Cc1ccc(NC(=O)CN3CC4CCCC(=O)Nc5cccc3c54)cc1C2. The summed E-state index contributed by atoms with van der Waals surface area (Å²) in [6.07, 6.45) is 9.13. The van der Waals surface area contributed by atoms with Gasteiger partial charge >= 0.3 is 0 Å². The molecule has 2 atom stereocenters. The number of carbonyl (C=O) groups excluding carboxylic acids is 3. The van der Waals surface area contributed by atoms with Crippen LogP contribution in [-0.4, -0.2) is 30.8 Å². The Bertz CT molecular complexity index is 1440. The molecule has 2 aromatic carbocycles. The Kier molecular flexibility index (Phi) is 5.94. The van der Waals surface area contributed by atoms with Crippen molar-refractivity contribution in [3.63, 3.8) is 0 Å². The van der Waals surface area contributed by atoms with Crippen molar-refractivity contribution in [3.8, 4) is 0 Å². The van der Waals surface area contributed by atoms with Gasteiger partial charge in [0.2, 0.25) is 17.7 Å². The lowest BCUT2D eigenvalue weighted by Crippen LogP contribution is -2.34. The fourth-order valence-corrected chi connectivity index (χ4v) is 6.70. The van der Waals surface area contributed by atoms with Gasteiger partial charge in [0.05, 0.1) is 12.0 Å². The molecule has 0 radical (unpaired) electrons. The van der Waals surface area contributed by atoms with Crippen molar-refractivity contribution in [2.45, 2.75) is 44.9 Å². The molecule has 4 aliphatic rings. The summed E-state index contributed by atoms with van der Waals surface area (Å²) in [5.41, 5.74) is 7.28. The van der Waals surface area contributed by atoms with E-state index < -0.39 is 5.41 Å². The molecule has 3 N–H and O–H groups in total. The molecule has 6 rings (SSSR count). The predicted octanol–water partition coefficient (Wildman–Crippen LogP) is 4.58. The van der Waals surface area contributed by atoms with E-state index in [1.54, 1.807) is 6.08 Å². The number of hydrogen-bond donors (Lipinski definition) is 3.